The Balaban J connectivity index is 1.29. The molecule has 0 radical (unpaired) electrons. The van der Waals surface area contributed by atoms with E-state index in [9.17, 15) is 27.6 Å². The molecule has 1 heterocycles. The third kappa shape index (κ3) is 6.64. The summed E-state index contributed by atoms with van der Waals surface area (Å²) >= 11 is 0. The third-order valence-corrected chi connectivity index (χ3v) is 11.6. The van der Waals surface area contributed by atoms with Crippen LogP contribution in [0.3, 0.4) is 0 Å². The fourth-order valence-corrected chi connectivity index (χ4v) is 8.18. The molecule has 4 amide bonds. The van der Waals surface area contributed by atoms with Crippen molar-refractivity contribution in [2.75, 3.05) is 20.1 Å². The first-order valence-electron chi connectivity index (χ1n) is 15.7. The molecule has 7 atom stereocenters. The van der Waals surface area contributed by atoms with Gasteiger partial charge in [0.05, 0.1) is 23.1 Å². The number of sulfonamides is 1. The molecule has 1 saturated heterocycles. The SMILES string of the molecule is C=CCCCCN(C)C(=O)[C@@H]1C[C@H](OC(=O)N2CCC3C=CC=CC32)C[C@H]1C(=O)N[C@]1(C(=O)NS(=O)(=O)C2CC2)C[C@H]1C=C. The summed E-state index contributed by atoms with van der Waals surface area (Å²) in [6, 6.07) is -0.0804. The number of unbranched alkanes of at least 4 members (excludes halogenated alkanes) is 2. The van der Waals surface area contributed by atoms with Crippen LogP contribution in [0.15, 0.2) is 49.6 Å². The molecular weight excluding hydrogens is 584 g/mol. The van der Waals surface area contributed by atoms with Crippen molar-refractivity contribution in [1.29, 1.82) is 0 Å². The fourth-order valence-electron chi connectivity index (χ4n) is 6.81. The topological polar surface area (TPSA) is 142 Å². The van der Waals surface area contributed by atoms with Crippen LogP contribution < -0.4 is 10.0 Å². The number of rotatable bonds is 13. The number of carbonyl (C=O) groups is 4. The Morgan fingerprint density at radius 3 is 2.48 bits per heavy atom. The van der Waals surface area contributed by atoms with Gasteiger partial charge in [0.1, 0.15) is 11.6 Å². The molecule has 4 aliphatic carbocycles. The Bertz CT molecular complexity index is 1360. The van der Waals surface area contributed by atoms with Crippen molar-refractivity contribution in [2.24, 2.45) is 23.7 Å². The molecule has 11 nitrogen and oxygen atoms in total. The third-order valence-electron chi connectivity index (χ3n) is 9.73. The highest BCUT2D eigenvalue weighted by molar-refractivity contribution is 7.91. The molecule has 240 valence electrons. The van der Waals surface area contributed by atoms with Crippen LogP contribution in [0.2, 0.25) is 0 Å². The molecule has 44 heavy (non-hydrogen) atoms. The van der Waals surface area contributed by atoms with E-state index in [0.29, 0.717) is 25.9 Å². The molecular formula is C32H44N4O7S. The number of ether oxygens (including phenoxy) is 1. The lowest BCUT2D eigenvalue weighted by atomic mass is 9.93. The number of allylic oxidation sites excluding steroid dienone is 3. The summed E-state index contributed by atoms with van der Waals surface area (Å²) in [5, 5.41) is 2.21. The molecule has 3 saturated carbocycles. The van der Waals surface area contributed by atoms with Crippen molar-refractivity contribution < 1.29 is 32.3 Å². The van der Waals surface area contributed by atoms with E-state index < -0.39 is 62.6 Å². The van der Waals surface area contributed by atoms with Crippen molar-refractivity contribution in [3.05, 3.63) is 49.6 Å². The van der Waals surface area contributed by atoms with Gasteiger partial charge in [-0.1, -0.05) is 36.5 Å². The normalized spacial score (nSPS) is 32.0. The summed E-state index contributed by atoms with van der Waals surface area (Å²) in [6.07, 6.45) is 15.0. The lowest BCUT2D eigenvalue weighted by Crippen LogP contribution is -2.54. The maximum absolute atomic E-state index is 13.9. The van der Waals surface area contributed by atoms with Crippen molar-refractivity contribution in [2.45, 2.75) is 80.7 Å². The van der Waals surface area contributed by atoms with Gasteiger partial charge in [-0.2, -0.15) is 0 Å². The minimum atomic E-state index is -3.83. The zero-order chi connectivity index (χ0) is 31.6. The summed E-state index contributed by atoms with van der Waals surface area (Å²) in [5.74, 6) is -3.39. The average molecular weight is 629 g/mol. The molecule has 5 rings (SSSR count). The largest absolute Gasteiger partial charge is 0.446 e. The van der Waals surface area contributed by atoms with Crippen LogP contribution in [0.4, 0.5) is 4.79 Å². The second-order valence-electron chi connectivity index (χ2n) is 12.8. The monoisotopic (exact) mass is 628 g/mol. The highest BCUT2D eigenvalue weighted by Crippen LogP contribution is 2.46. The highest BCUT2D eigenvalue weighted by Gasteiger charge is 2.62. The zero-order valence-corrected chi connectivity index (χ0v) is 26.2. The van der Waals surface area contributed by atoms with E-state index in [2.05, 4.69) is 29.3 Å². The molecule has 12 heteroatoms. The second-order valence-corrected chi connectivity index (χ2v) is 14.8. The van der Waals surface area contributed by atoms with Gasteiger partial charge in [0.2, 0.25) is 21.8 Å². The lowest BCUT2D eigenvalue weighted by molar-refractivity contribution is -0.140. The van der Waals surface area contributed by atoms with E-state index in [-0.39, 0.29) is 37.1 Å². The summed E-state index contributed by atoms with van der Waals surface area (Å²) in [7, 11) is -2.13. The van der Waals surface area contributed by atoms with E-state index in [1.165, 1.54) is 6.08 Å². The molecule has 1 aliphatic heterocycles. The lowest BCUT2D eigenvalue weighted by Gasteiger charge is -2.26. The van der Waals surface area contributed by atoms with Crippen LogP contribution >= 0.6 is 0 Å². The summed E-state index contributed by atoms with van der Waals surface area (Å²) in [5.41, 5.74) is -1.45. The number of hydrogen-bond donors (Lipinski definition) is 2. The van der Waals surface area contributed by atoms with Crippen LogP contribution in [-0.2, 0) is 29.1 Å². The fraction of sp³-hybridized carbons (Fsp3) is 0.625. The summed E-state index contributed by atoms with van der Waals surface area (Å²) in [6.45, 7) is 8.54. The number of hydrogen-bond acceptors (Lipinski definition) is 7. The number of nitrogens with zero attached hydrogens (tertiary/aromatic N) is 2. The molecule has 0 bridgehead atoms. The van der Waals surface area contributed by atoms with E-state index in [1.54, 1.807) is 16.8 Å². The van der Waals surface area contributed by atoms with E-state index in [4.69, 9.17) is 4.74 Å². The molecule has 0 aromatic rings. The molecule has 0 aromatic carbocycles. The Hall–Kier alpha value is -3.41. The van der Waals surface area contributed by atoms with E-state index >= 15 is 0 Å². The van der Waals surface area contributed by atoms with E-state index in [0.717, 1.165) is 25.7 Å². The first kappa shape index (κ1) is 32.0. The number of carbonyl (C=O) groups excluding carboxylic acids is 4. The van der Waals surface area contributed by atoms with Crippen LogP contribution in [0.5, 0.6) is 0 Å². The predicted molar refractivity (Wildman–Crippen MR) is 164 cm³/mol. The van der Waals surface area contributed by atoms with Gasteiger partial charge in [0.15, 0.2) is 0 Å². The van der Waals surface area contributed by atoms with E-state index in [1.807, 2.05) is 24.3 Å². The van der Waals surface area contributed by atoms with Crippen LogP contribution in [0.25, 0.3) is 0 Å². The van der Waals surface area contributed by atoms with Crippen molar-refractivity contribution in [1.82, 2.24) is 19.8 Å². The Labute approximate surface area is 259 Å². The second kappa shape index (κ2) is 12.9. The first-order valence-corrected chi connectivity index (χ1v) is 17.2. The maximum Gasteiger partial charge on any atom is 0.410 e. The number of likely N-dealkylation sites (tertiary alicyclic amines) is 1. The Kier molecular flexibility index (Phi) is 9.38. The van der Waals surface area contributed by atoms with Crippen LogP contribution in [0, 0.1) is 23.7 Å². The quantitative estimate of drug-likeness (QED) is 0.236. The molecule has 0 aromatic heterocycles. The number of nitrogens with one attached hydrogen (secondary N) is 2. The molecule has 4 fully saturated rings. The summed E-state index contributed by atoms with van der Waals surface area (Å²) < 4.78 is 33.1. The first-order chi connectivity index (χ1) is 21.0. The van der Waals surface area contributed by atoms with Crippen molar-refractivity contribution in [3.8, 4) is 0 Å². The number of fused-ring (bicyclic) bond motifs is 1. The minimum absolute atomic E-state index is 0.0804. The summed E-state index contributed by atoms with van der Waals surface area (Å²) in [4.78, 5) is 57.4. The average Bonchev–Trinajstić information content (AvgIpc) is 3.89. The highest BCUT2D eigenvalue weighted by atomic mass is 32.2. The van der Waals surface area contributed by atoms with Gasteiger partial charge >= 0.3 is 6.09 Å². The van der Waals surface area contributed by atoms with Crippen LogP contribution in [-0.4, -0.2) is 85.1 Å². The minimum Gasteiger partial charge on any atom is -0.446 e. The maximum atomic E-state index is 13.9. The molecule has 5 aliphatic rings. The van der Waals surface area contributed by atoms with Gasteiger partial charge in [-0.05, 0) is 57.8 Å². The van der Waals surface area contributed by atoms with Gasteiger partial charge in [0, 0.05) is 32.0 Å². The molecule has 2 N–H and O–H groups in total. The van der Waals surface area contributed by atoms with Gasteiger partial charge < -0.3 is 19.9 Å². The Morgan fingerprint density at radius 1 is 1.07 bits per heavy atom. The standard InChI is InChI=1S/C32H44N4O7S/c1-4-6-7-10-16-35(3)29(38)26-19-23(43-31(40)36-17-15-21-11-8-9-12-27(21)36)18-25(26)28(37)33-32(20-22(32)5-2)30(39)34-44(41,42)24-13-14-24/h4-5,8-9,11-12,21-27H,1-2,6-7,10,13-20H2,3H3,(H,33,37)(H,34,39)/t21?,22-,23-,25-,26-,27?,32-/m1/s1. The van der Waals surface area contributed by atoms with Gasteiger partial charge in [-0.3, -0.25) is 19.1 Å². The molecule has 2 unspecified atom stereocenters. The van der Waals surface area contributed by atoms with Crippen molar-refractivity contribution >= 4 is 33.8 Å². The smallest absolute Gasteiger partial charge is 0.410 e. The van der Waals surface area contributed by atoms with Gasteiger partial charge in [-0.25, -0.2) is 13.2 Å². The Morgan fingerprint density at radius 2 is 1.80 bits per heavy atom. The van der Waals surface area contributed by atoms with Gasteiger partial charge in [-0.15, -0.1) is 13.2 Å². The number of amides is 4. The van der Waals surface area contributed by atoms with Crippen LogP contribution in [0.1, 0.15) is 57.8 Å². The molecule has 0 spiro atoms. The van der Waals surface area contributed by atoms with Gasteiger partial charge in [0.25, 0.3) is 5.91 Å². The zero-order valence-electron chi connectivity index (χ0n) is 25.4. The predicted octanol–water partition coefficient (Wildman–Crippen LogP) is 2.82. The van der Waals surface area contributed by atoms with Crippen molar-refractivity contribution in [3.63, 3.8) is 0 Å².